The van der Waals surface area contributed by atoms with Gasteiger partial charge in [0.25, 0.3) is 5.91 Å². The summed E-state index contributed by atoms with van der Waals surface area (Å²) in [5.74, 6) is 0.242. The van der Waals surface area contributed by atoms with Crippen molar-refractivity contribution >= 4 is 28.2 Å². The summed E-state index contributed by atoms with van der Waals surface area (Å²) >= 11 is 1.44. The number of ether oxygens (including phenoxy) is 3. The average Bonchev–Trinajstić information content (AvgIpc) is 3.21. The van der Waals surface area contributed by atoms with Crippen molar-refractivity contribution in [2.24, 2.45) is 0 Å². The zero-order valence-corrected chi connectivity index (χ0v) is 15.8. The summed E-state index contributed by atoms with van der Waals surface area (Å²) in [7, 11) is 3.04. The highest BCUT2D eigenvalue weighted by molar-refractivity contribution is 7.17. The molecule has 1 aromatic carbocycles. The van der Waals surface area contributed by atoms with Crippen LogP contribution in [0.25, 0.3) is 0 Å². The van der Waals surface area contributed by atoms with Gasteiger partial charge in [-0.15, -0.1) is 11.3 Å². The molecule has 1 aliphatic carbocycles. The summed E-state index contributed by atoms with van der Waals surface area (Å²) in [5.41, 5.74) is 1.83. The van der Waals surface area contributed by atoms with Crippen LogP contribution >= 0.6 is 11.3 Å². The Labute approximate surface area is 156 Å². The second-order valence-corrected chi connectivity index (χ2v) is 6.91. The number of esters is 1. The number of fused-ring (bicyclic) bond motifs is 1. The standard InChI is InChI=1S/C19H21NO5S/c1-4-25-19(22)16-12-6-5-7-15(12)26-18(16)20-17(21)13-10-11(23-2)8-9-14(13)24-3/h8-10H,4-7H2,1-3H3,(H,20,21). The first kappa shape index (κ1) is 18.3. The molecule has 138 valence electrons. The van der Waals surface area contributed by atoms with Gasteiger partial charge in [0, 0.05) is 4.88 Å². The molecule has 1 aromatic heterocycles. The van der Waals surface area contributed by atoms with Crippen molar-refractivity contribution in [3.8, 4) is 11.5 Å². The van der Waals surface area contributed by atoms with Gasteiger partial charge >= 0.3 is 5.97 Å². The van der Waals surface area contributed by atoms with E-state index in [1.54, 1.807) is 25.1 Å². The van der Waals surface area contributed by atoms with Crippen LogP contribution in [0.3, 0.4) is 0 Å². The van der Waals surface area contributed by atoms with Gasteiger partial charge in [0.15, 0.2) is 0 Å². The van der Waals surface area contributed by atoms with E-state index in [9.17, 15) is 9.59 Å². The Morgan fingerprint density at radius 1 is 1.19 bits per heavy atom. The normalized spacial score (nSPS) is 12.4. The van der Waals surface area contributed by atoms with Gasteiger partial charge in [-0.1, -0.05) is 0 Å². The number of carbonyl (C=O) groups excluding carboxylic acids is 2. The minimum atomic E-state index is -0.389. The van der Waals surface area contributed by atoms with Gasteiger partial charge in [-0.3, -0.25) is 4.79 Å². The number of anilines is 1. The Morgan fingerprint density at radius 2 is 2.00 bits per heavy atom. The van der Waals surface area contributed by atoms with Gasteiger partial charge in [0.2, 0.25) is 0 Å². The van der Waals surface area contributed by atoms with Gasteiger partial charge in [0.1, 0.15) is 16.5 Å². The number of rotatable bonds is 6. The lowest BCUT2D eigenvalue weighted by Crippen LogP contribution is -2.16. The molecule has 7 heteroatoms. The zero-order chi connectivity index (χ0) is 18.7. The molecule has 0 saturated carbocycles. The maximum absolute atomic E-state index is 12.8. The maximum Gasteiger partial charge on any atom is 0.341 e. The molecule has 0 bridgehead atoms. The smallest absolute Gasteiger partial charge is 0.341 e. The van der Waals surface area contributed by atoms with Crippen molar-refractivity contribution in [3.05, 3.63) is 39.8 Å². The highest BCUT2D eigenvalue weighted by Crippen LogP contribution is 2.40. The summed E-state index contributed by atoms with van der Waals surface area (Å²) in [6, 6.07) is 5.01. The lowest BCUT2D eigenvalue weighted by molar-refractivity contribution is 0.0527. The Hall–Kier alpha value is -2.54. The Bertz CT molecular complexity index is 843. The van der Waals surface area contributed by atoms with Gasteiger partial charge in [-0.2, -0.15) is 0 Å². The molecule has 1 heterocycles. The third kappa shape index (κ3) is 3.39. The molecule has 0 fully saturated rings. The maximum atomic E-state index is 12.8. The Morgan fingerprint density at radius 3 is 2.69 bits per heavy atom. The molecule has 0 radical (unpaired) electrons. The highest BCUT2D eigenvalue weighted by Gasteiger charge is 2.29. The topological polar surface area (TPSA) is 73.9 Å². The van der Waals surface area contributed by atoms with Crippen molar-refractivity contribution in [3.63, 3.8) is 0 Å². The van der Waals surface area contributed by atoms with Crippen LogP contribution in [-0.2, 0) is 17.6 Å². The lowest BCUT2D eigenvalue weighted by atomic mass is 10.1. The summed E-state index contributed by atoms with van der Waals surface area (Å²) < 4.78 is 15.7. The van der Waals surface area contributed by atoms with E-state index < -0.39 is 0 Å². The van der Waals surface area contributed by atoms with Crippen LogP contribution in [0.15, 0.2) is 18.2 Å². The average molecular weight is 375 g/mol. The first-order valence-electron chi connectivity index (χ1n) is 8.44. The van der Waals surface area contributed by atoms with E-state index in [2.05, 4.69) is 5.32 Å². The van der Waals surface area contributed by atoms with Crippen molar-refractivity contribution in [2.75, 3.05) is 26.1 Å². The number of benzene rings is 1. The molecule has 6 nitrogen and oxygen atoms in total. The molecule has 0 saturated heterocycles. The first-order valence-corrected chi connectivity index (χ1v) is 9.25. The number of nitrogens with one attached hydrogen (secondary N) is 1. The second kappa shape index (κ2) is 7.78. The minimum Gasteiger partial charge on any atom is -0.497 e. The van der Waals surface area contributed by atoms with E-state index in [4.69, 9.17) is 14.2 Å². The number of hydrogen-bond acceptors (Lipinski definition) is 6. The molecular formula is C19H21NO5S. The number of aryl methyl sites for hydroxylation is 1. The van der Waals surface area contributed by atoms with E-state index >= 15 is 0 Å². The molecule has 0 aliphatic heterocycles. The molecule has 1 amide bonds. The highest BCUT2D eigenvalue weighted by atomic mass is 32.1. The molecule has 26 heavy (non-hydrogen) atoms. The van der Waals surface area contributed by atoms with Gasteiger partial charge in [-0.25, -0.2) is 4.79 Å². The molecular weight excluding hydrogens is 354 g/mol. The van der Waals surface area contributed by atoms with E-state index in [0.717, 1.165) is 29.7 Å². The number of carbonyl (C=O) groups is 2. The quantitative estimate of drug-likeness (QED) is 0.780. The predicted octanol–water partition coefficient (Wildman–Crippen LogP) is 3.68. The Kier molecular flexibility index (Phi) is 5.46. The van der Waals surface area contributed by atoms with Crippen molar-refractivity contribution in [1.82, 2.24) is 0 Å². The monoisotopic (exact) mass is 375 g/mol. The van der Waals surface area contributed by atoms with Crippen LogP contribution in [0, 0.1) is 0 Å². The van der Waals surface area contributed by atoms with E-state index in [1.165, 1.54) is 25.6 Å². The van der Waals surface area contributed by atoms with Crippen LogP contribution in [0.1, 0.15) is 44.5 Å². The number of methoxy groups -OCH3 is 2. The summed E-state index contributed by atoms with van der Waals surface area (Å²) in [4.78, 5) is 26.4. The molecule has 1 aliphatic rings. The number of amides is 1. The number of hydrogen-bond donors (Lipinski definition) is 1. The van der Waals surface area contributed by atoms with Crippen LogP contribution in [-0.4, -0.2) is 32.7 Å². The Balaban J connectivity index is 1.94. The zero-order valence-electron chi connectivity index (χ0n) is 15.0. The van der Waals surface area contributed by atoms with Gasteiger partial charge in [-0.05, 0) is 49.9 Å². The van der Waals surface area contributed by atoms with Crippen molar-refractivity contribution < 1.29 is 23.8 Å². The van der Waals surface area contributed by atoms with Crippen LogP contribution < -0.4 is 14.8 Å². The predicted molar refractivity (Wildman–Crippen MR) is 99.8 cm³/mol. The van der Waals surface area contributed by atoms with Crippen LogP contribution in [0.2, 0.25) is 0 Å². The fraction of sp³-hybridized carbons (Fsp3) is 0.368. The fourth-order valence-electron chi connectivity index (χ4n) is 3.07. The summed E-state index contributed by atoms with van der Waals surface area (Å²) in [6.07, 6.45) is 2.77. The fourth-order valence-corrected chi connectivity index (χ4v) is 4.35. The first-order chi connectivity index (χ1) is 12.6. The second-order valence-electron chi connectivity index (χ2n) is 5.80. The molecule has 0 spiro atoms. The largest absolute Gasteiger partial charge is 0.497 e. The summed E-state index contributed by atoms with van der Waals surface area (Å²) in [6.45, 7) is 2.06. The van der Waals surface area contributed by atoms with Crippen molar-refractivity contribution in [1.29, 1.82) is 0 Å². The molecule has 0 unspecified atom stereocenters. The van der Waals surface area contributed by atoms with E-state index in [1.807, 2.05) is 0 Å². The number of thiophene rings is 1. The summed E-state index contributed by atoms with van der Waals surface area (Å²) in [5, 5.41) is 3.40. The van der Waals surface area contributed by atoms with E-state index in [0.29, 0.717) is 34.2 Å². The van der Waals surface area contributed by atoms with Crippen LogP contribution in [0.5, 0.6) is 11.5 Å². The lowest BCUT2D eigenvalue weighted by Gasteiger charge is -2.11. The van der Waals surface area contributed by atoms with Gasteiger partial charge < -0.3 is 19.5 Å². The van der Waals surface area contributed by atoms with E-state index in [-0.39, 0.29) is 11.9 Å². The minimum absolute atomic E-state index is 0.292. The van der Waals surface area contributed by atoms with Crippen molar-refractivity contribution in [2.45, 2.75) is 26.2 Å². The SMILES string of the molecule is CCOC(=O)c1c(NC(=O)c2cc(OC)ccc2OC)sc2c1CCC2. The molecule has 3 rings (SSSR count). The third-order valence-electron chi connectivity index (χ3n) is 4.28. The molecule has 0 atom stereocenters. The van der Waals surface area contributed by atoms with Crippen LogP contribution in [0.4, 0.5) is 5.00 Å². The molecule has 1 N–H and O–H groups in total. The van der Waals surface area contributed by atoms with Gasteiger partial charge in [0.05, 0.1) is 32.0 Å². The molecule has 2 aromatic rings. The third-order valence-corrected chi connectivity index (χ3v) is 5.49.